The van der Waals surface area contributed by atoms with Gasteiger partial charge in [-0.05, 0) is 30.0 Å². The Balaban J connectivity index is 2.77. The normalized spacial score (nSPS) is 9.93. The Kier molecular flexibility index (Phi) is 4.35. The summed E-state index contributed by atoms with van der Waals surface area (Å²) in [4.78, 5) is 13.7. The molecule has 14 heavy (non-hydrogen) atoms. The minimum Gasteiger partial charge on any atom is -0.307 e. The molecular weight excluding hydrogens is 214 g/mol. The molecule has 0 aromatic heterocycles. The van der Waals surface area contributed by atoms with E-state index in [1.54, 1.807) is 18.8 Å². The Bertz CT molecular complexity index is 310. The maximum Gasteiger partial charge on any atom is 0.282 e. The number of benzene rings is 1. The fourth-order valence-corrected chi connectivity index (χ4v) is 1.82. The van der Waals surface area contributed by atoms with Crippen LogP contribution in [0.15, 0.2) is 29.2 Å². The van der Waals surface area contributed by atoms with Gasteiger partial charge in [-0.15, -0.1) is 11.8 Å². The number of nitrogens with zero attached hydrogens (tertiary/aromatic N) is 1. The van der Waals surface area contributed by atoms with Gasteiger partial charge in [-0.2, -0.15) is 0 Å². The first kappa shape index (κ1) is 11.5. The summed E-state index contributed by atoms with van der Waals surface area (Å²) in [6.07, 6.45) is 0. The van der Waals surface area contributed by atoms with E-state index in [4.69, 9.17) is 0 Å². The third kappa shape index (κ3) is 2.96. The zero-order valence-corrected chi connectivity index (χ0v) is 9.94. The second kappa shape index (κ2) is 5.32. The van der Waals surface area contributed by atoms with E-state index < -0.39 is 0 Å². The first-order chi connectivity index (χ1) is 6.65. The average molecular weight is 227 g/mol. The van der Waals surface area contributed by atoms with Crippen molar-refractivity contribution in [2.45, 2.75) is 11.8 Å². The number of thiol groups is 1. The van der Waals surface area contributed by atoms with E-state index in [9.17, 15) is 4.79 Å². The zero-order valence-electron chi connectivity index (χ0n) is 8.23. The molecule has 4 heteroatoms. The van der Waals surface area contributed by atoms with Crippen molar-refractivity contribution in [3.63, 3.8) is 0 Å². The Hall–Kier alpha value is -0.610. The molecule has 0 N–H and O–H groups in total. The second-order valence-electron chi connectivity index (χ2n) is 2.77. The van der Waals surface area contributed by atoms with Gasteiger partial charge < -0.3 is 4.90 Å². The van der Waals surface area contributed by atoms with Crippen LogP contribution in [0.3, 0.4) is 0 Å². The van der Waals surface area contributed by atoms with E-state index >= 15 is 0 Å². The number of thioether (sulfide) groups is 1. The van der Waals surface area contributed by atoms with Gasteiger partial charge in [0.15, 0.2) is 0 Å². The first-order valence-electron chi connectivity index (χ1n) is 4.34. The van der Waals surface area contributed by atoms with Crippen LogP contribution < -0.4 is 4.90 Å². The van der Waals surface area contributed by atoms with Crippen LogP contribution in [0, 0.1) is 0 Å². The molecule has 0 atom stereocenters. The number of carbonyl (C=O) groups excluding carboxylic acids is 1. The van der Waals surface area contributed by atoms with E-state index in [2.05, 4.69) is 19.6 Å². The van der Waals surface area contributed by atoms with Gasteiger partial charge in [0.05, 0.1) is 0 Å². The van der Waals surface area contributed by atoms with Gasteiger partial charge >= 0.3 is 0 Å². The maximum atomic E-state index is 10.9. The van der Waals surface area contributed by atoms with Crippen molar-refractivity contribution in [1.82, 2.24) is 0 Å². The molecule has 1 aromatic rings. The third-order valence-corrected chi connectivity index (χ3v) is 3.02. The second-order valence-corrected chi connectivity index (χ2v) is 4.49. The smallest absolute Gasteiger partial charge is 0.282 e. The lowest BCUT2D eigenvalue weighted by molar-refractivity contribution is 0.266. The van der Waals surface area contributed by atoms with Gasteiger partial charge in [0.25, 0.3) is 5.24 Å². The predicted octanol–water partition coefficient (Wildman–Crippen LogP) is 3.28. The maximum absolute atomic E-state index is 10.9. The molecule has 0 unspecified atom stereocenters. The van der Waals surface area contributed by atoms with Crippen molar-refractivity contribution in [2.24, 2.45) is 0 Å². The van der Waals surface area contributed by atoms with Crippen LogP contribution in [0.5, 0.6) is 0 Å². The molecule has 0 aliphatic rings. The predicted molar refractivity (Wildman–Crippen MR) is 65.6 cm³/mol. The number of carbonyl (C=O) groups is 1. The van der Waals surface area contributed by atoms with E-state index in [-0.39, 0.29) is 5.24 Å². The molecule has 2 nitrogen and oxygen atoms in total. The van der Waals surface area contributed by atoms with Gasteiger partial charge in [-0.3, -0.25) is 4.79 Å². The lowest BCUT2D eigenvalue weighted by Gasteiger charge is -2.14. The molecule has 76 valence electrons. The van der Waals surface area contributed by atoms with Crippen LogP contribution in [-0.2, 0) is 0 Å². The highest BCUT2D eigenvalue weighted by Crippen LogP contribution is 2.21. The fourth-order valence-electron chi connectivity index (χ4n) is 1.04. The van der Waals surface area contributed by atoms with Crippen molar-refractivity contribution >= 4 is 35.3 Å². The number of anilines is 1. The van der Waals surface area contributed by atoms with Gasteiger partial charge in [0.1, 0.15) is 0 Å². The summed E-state index contributed by atoms with van der Waals surface area (Å²) in [6.45, 7) is 2.11. The third-order valence-electron chi connectivity index (χ3n) is 1.82. The quantitative estimate of drug-likeness (QED) is 0.631. The molecule has 0 fully saturated rings. The molecule has 0 saturated carbocycles. The summed E-state index contributed by atoms with van der Waals surface area (Å²) in [5.74, 6) is 1.06. The summed E-state index contributed by atoms with van der Waals surface area (Å²) in [7, 11) is 1.71. The number of amides is 1. The van der Waals surface area contributed by atoms with Crippen molar-refractivity contribution in [3.8, 4) is 0 Å². The van der Waals surface area contributed by atoms with Gasteiger partial charge in [0.2, 0.25) is 0 Å². The van der Waals surface area contributed by atoms with E-state index in [1.165, 1.54) is 9.80 Å². The number of hydrogen-bond acceptors (Lipinski definition) is 2. The highest BCUT2D eigenvalue weighted by molar-refractivity contribution is 7.99. The molecule has 0 aliphatic heterocycles. The van der Waals surface area contributed by atoms with Gasteiger partial charge in [-0.1, -0.05) is 19.6 Å². The molecule has 0 saturated heterocycles. The fraction of sp³-hybridized carbons (Fsp3) is 0.300. The molecular formula is C10H13NOS2. The molecule has 1 aromatic carbocycles. The monoisotopic (exact) mass is 227 g/mol. The van der Waals surface area contributed by atoms with Gasteiger partial charge in [-0.25, -0.2) is 0 Å². The van der Waals surface area contributed by atoms with Crippen molar-refractivity contribution in [3.05, 3.63) is 24.3 Å². The van der Waals surface area contributed by atoms with Crippen molar-refractivity contribution in [2.75, 3.05) is 17.7 Å². The number of hydrogen-bond donors (Lipinski definition) is 1. The minimum atomic E-state index is -0.249. The van der Waals surface area contributed by atoms with Crippen LogP contribution in [0.4, 0.5) is 10.5 Å². The zero-order chi connectivity index (χ0) is 10.6. The molecule has 0 radical (unpaired) electrons. The molecule has 0 bridgehead atoms. The Morgan fingerprint density at radius 2 is 2.00 bits per heavy atom. The average Bonchev–Trinajstić information content (AvgIpc) is 2.18. The largest absolute Gasteiger partial charge is 0.307 e. The molecule has 0 heterocycles. The van der Waals surface area contributed by atoms with Crippen LogP contribution in [-0.4, -0.2) is 18.0 Å². The van der Waals surface area contributed by atoms with Crippen molar-refractivity contribution < 1.29 is 4.79 Å². The number of rotatable bonds is 3. The van der Waals surface area contributed by atoms with Gasteiger partial charge in [0, 0.05) is 17.6 Å². The lowest BCUT2D eigenvalue weighted by Crippen LogP contribution is -2.19. The van der Waals surface area contributed by atoms with Crippen LogP contribution >= 0.6 is 24.4 Å². The summed E-state index contributed by atoms with van der Waals surface area (Å²) in [5, 5.41) is -0.249. The topological polar surface area (TPSA) is 20.3 Å². The summed E-state index contributed by atoms with van der Waals surface area (Å²) < 4.78 is 0. The van der Waals surface area contributed by atoms with Crippen LogP contribution in [0.25, 0.3) is 0 Å². The summed E-state index contributed by atoms with van der Waals surface area (Å²) in [6, 6.07) is 7.87. The van der Waals surface area contributed by atoms with E-state index in [0.717, 1.165) is 11.4 Å². The lowest BCUT2D eigenvalue weighted by atomic mass is 10.3. The standard InChI is InChI=1S/C10H13NOS2/c1-3-14-9-6-4-8(5-7-9)11(2)10(12)13/h4-7H,3H2,1-2H3,(H,12,13). The van der Waals surface area contributed by atoms with E-state index in [0.29, 0.717) is 0 Å². The Morgan fingerprint density at radius 3 is 2.43 bits per heavy atom. The Morgan fingerprint density at radius 1 is 1.43 bits per heavy atom. The Labute approximate surface area is 94.1 Å². The highest BCUT2D eigenvalue weighted by atomic mass is 32.2. The molecule has 1 rings (SSSR count). The molecule has 0 aliphatic carbocycles. The first-order valence-corrected chi connectivity index (χ1v) is 5.78. The highest BCUT2D eigenvalue weighted by Gasteiger charge is 2.05. The minimum absolute atomic E-state index is 0.249. The SMILES string of the molecule is CCSc1ccc(N(C)C(=O)S)cc1. The van der Waals surface area contributed by atoms with Crippen LogP contribution in [0.1, 0.15) is 6.92 Å². The summed E-state index contributed by atoms with van der Waals surface area (Å²) >= 11 is 5.53. The molecule has 0 spiro atoms. The van der Waals surface area contributed by atoms with E-state index in [1.807, 2.05) is 24.3 Å². The molecule has 1 amide bonds. The van der Waals surface area contributed by atoms with Crippen molar-refractivity contribution in [1.29, 1.82) is 0 Å². The summed E-state index contributed by atoms with van der Waals surface area (Å²) in [5.41, 5.74) is 0.866. The van der Waals surface area contributed by atoms with Crippen LogP contribution in [0.2, 0.25) is 0 Å².